The molecule has 1 fully saturated rings. The SMILES string of the molecule is COC1(C(=O)Nc2cccnc2C)CCNCC1. The summed E-state index contributed by atoms with van der Waals surface area (Å²) in [4.78, 5) is 16.5. The molecule has 5 nitrogen and oxygen atoms in total. The van der Waals surface area contributed by atoms with Crippen LogP contribution in [0.5, 0.6) is 0 Å². The van der Waals surface area contributed by atoms with E-state index >= 15 is 0 Å². The lowest BCUT2D eigenvalue weighted by Gasteiger charge is -2.34. The molecule has 2 heterocycles. The van der Waals surface area contributed by atoms with Gasteiger partial charge in [0, 0.05) is 13.3 Å². The van der Waals surface area contributed by atoms with E-state index in [0.29, 0.717) is 12.8 Å². The smallest absolute Gasteiger partial charge is 0.256 e. The molecule has 0 unspecified atom stereocenters. The van der Waals surface area contributed by atoms with Gasteiger partial charge in [0.25, 0.3) is 5.91 Å². The van der Waals surface area contributed by atoms with E-state index in [1.165, 1.54) is 0 Å². The lowest BCUT2D eigenvalue weighted by atomic mass is 9.91. The van der Waals surface area contributed by atoms with Crippen molar-refractivity contribution in [2.45, 2.75) is 25.4 Å². The van der Waals surface area contributed by atoms with Gasteiger partial charge in [0.15, 0.2) is 0 Å². The van der Waals surface area contributed by atoms with Crippen LogP contribution >= 0.6 is 0 Å². The van der Waals surface area contributed by atoms with Gasteiger partial charge in [0.05, 0.1) is 11.4 Å². The molecule has 2 N–H and O–H groups in total. The summed E-state index contributed by atoms with van der Waals surface area (Å²) in [6, 6.07) is 3.66. The number of nitrogens with one attached hydrogen (secondary N) is 2. The lowest BCUT2D eigenvalue weighted by Crippen LogP contribution is -2.51. The first kappa shape index (κ1) is 13.0. The van der Waals surface area contributed by atoms with E-state index in [0.717, 1.165) is 24.5 Å². The van der Waals surface area contributed by atoms with Gasteiger partial charge in [-0.05, 0) is 45.0 Å². The average molecular weight is 249 g/mol. The molecule has 2 rings (SSSR count). The van der Waals surface area contributed by atoms with Crippen LogP contribution in [0.3, 0.4) is 0 Å². The Hall–Kier alpha value is -1.46. The fourth-order valence-electron chi connectivity index (χ4n) is 2.21. The largest absolute Gasteiger partial charge is 0.368 e. The molecule has 0 bridgehead atoms. The van der Waals surface area contributed by atoms with Crippen LogP contribution < -0.4 is 10.6 Å². The number of piperidine rings is 1. The number of ether oxygens (including phenoxy) is 1. The van der Waals surface area contributed by atoms with Crippen molar-refractivity contribution < 1.29 is 9.53 Å². The van der Waals surface area contributed by atoms with Crippen molar-refractivity contribution in [1.29, 1.82) is 0 Å². The molecule has 18 heavy (non-hydrogen) atoms. The molecule has 0 spiro atoms. The van der Waals surface area contributed by atoms with Crippen molar-refractivity contribution in [2.75, 3.05) is 25.5 Å². The van der Waals surface area contributed by atoms with Crippen molar-refractivity contribution in [1.82, 2.24) is 10.3 Å². The maximum atomic E-state index is 12.4. The van der Waals surface area contributed by atoms with Gasteiger partial charge < -0.3 is 15.4 Å². The summed E-state index contributed by atoms with van der Waals surface area (Å²) < 4.78 is 5.48. The van der Waals surface area contributed by atoms with Gasteiger partial charge >= 0.3 is 0 Å². The molecular formula is C13H19N3O2. The number of aryl methyl sites for hydroxylation is 1. The Morgan fingerprint density at radius 2 is 2.22 bits per heavy atom. The zero-order valence-corrected chi connectivity index (χ0v) is 10.8. The van der Waals surface area contributed by atoms with Crippen LogP contribution in [0, 0.1) is 6.92 Å². The number of pyridine rings is 1. The monoisotopic (exact) mass is 249 g/mol. The number of hydrogen-bond acceptors (Lipinski definition) is 4. The predicted octanol–water partition coefficient (Wildman–Crippen LogP) is 1.10. The molecule has 0 radical (unpaired) electrons. The van der Waals surface area contributed by atoms with Crippen LogP contribution in [0.15, 0.2) is 18.3 Å². The molecule has 0 aromatic carbocycles. The molecule has 0 aliphatic carbocycles. The highest BCUT2D eigenvalue weighted by molar-refractivity contribution is 5.97. The molecule has 1 aromatic heterocycles. The number of anilines is 1. The number of hydrogen-bond donors (Lipinski definition) is 2. The fraction of sp³-hybridized carbons (Fsp3) is 0.538. The van der Waals surface area contributed by atoms with Gasteiger partial charge in [-0.25, -0.2) is 0 Å². The molecule has 1 aliphatic heterocycles. The number of carbonyl (C=O) groups is 1. The molecule has 0 saturated carbocycles. The van der Waals surface area contributed by atoms with Gasteiger partial charge in [0.1, 0.15) is 5.60 Å². The van der Waals surface area contributed by atoms with E-state index in [-0.39, 0.29) is 5.91 Å². The molecular weight excluding hydrogens is 230 g/mol. The average Bonchev–Trinajstić information content (AvgIpc) is 2.42. The van der Waals surface area contributed by atoms with Gasteiger partial charge in [-0.2, -0.15) is 0 Å². The van der Waals surface area contributed by atoms with Gasteiger partial charge in [-0.15, -0.1) is 0 Å². The highest BCUT2D eigenvalue weighted by atomic mass is 16.5. The Morgan fingerprint density at radius 3 is 2.83 bits per heavy atom. The summed E-state index contributed by atoms with van der Waals surface area (Å²) in [7, 11) is 1.60. The minimum Gasteiger partial charge on any atom is -0.368 e. The number of amides is 1. The van der Waals surface area contributed by atoms with Gasteiger partial charge in [-0.3, -0.25) is 9.78 Å². The van der Waals surface area contributed by atoms with E-state index in [9.17, 15) is 4.79 Å². The number of rotatable bonds is 3. The zero-order valence-electron chi connectivity index (χ0n) is 10.8. The molecule has 98 valence electrons. The van der Waals surface area contributed by atoms with Crippen LogP contribution in [0.4, 0.5) is 5.69 Å². The third-order valence-corrected chi connectivity index (χ3v) is 3.47. The molecule has 1 saturated heterocycles. The van der Waals surface area contributed by atoms with E-state index in [4.69, 9.17) is 4.74 Å². The zero-order chi connectivity index (χ0) is 13.0. The number of methoxy groups -OCH3 is 1. The van der Waals surface area contributed by atoms with Gasteiger partial charge in [0.2, 0.25) is 0 Å². The highest BCUT2D eigenvalue weighted by Gasteiger charge is 2.39. The minimum atomic E-state index is -0.715. The summed E-state index contributed by atoms with van der Waals surface area (Å²) in [6.45, 7) is 3.47. The maximum absolute atomic E-state index is 12.4. The standard InChI is InChI=1S/C13H19N3O2/c1-10-11(4-3-7-15-10)16-12(17)13(18-2)5-8-14-9-6-13/h3-4,7,14H,5-6,8-9H2,1-2H3,(H,16,17). The summed E-state index contributed by atoms with van der Waals surface area (Å²) in [5, 5.41) is 6.15. The fourth-order valence-corrected chi connectivity index (χ4v) is 2.21. The van der Waals surface area contributed by atoms with Crippen LogP contribution in [0.1, 0.15) is 18.5 Å². The lowest BCUT2D eigenvalue weighted by molar-refractivity contribution is -0.140. The second-order valence-corrected chi connectivity index (χ2v) is 4.54. The van der Waals surface area contributed by atoms with Crippen molar-refractivity contribution in [3.05, 3.63) is 24.0 Å². The first-order valence-corrected chi connectivity index (χ1v) is 6.17. The summed E-state index contributed by atoms with van der Waals surface area (Å²) in [6.07, 6.45) is 3.09. The van der Waals surface area contributed by atoms with Crippen molar-refractivity contribution in [2.24, 2.45) is 0 Å². The molecule has 1 aliphatic rings. The van der Waals surface area contributed by atoms with Crippen LogP contribution in [0.25, 0.3) is 0 Å². The second kappa shape index (κ2) is 5.46. The maximum Gasteiger partial charge on any atom is 0.256 e. The van der Waals surface area contributed by atoms with Crippen LogP contribution in [-0.2, 0) is 9.53 Å². The number of aromatic nitrogens is 1. The Labute approximate surface area is 107 Å². The highest BCUT2D eigenvalue weighted by Crippen LogP contribution is 2.25. The number of carbonyl (C=O) groups excluding carboxylic acids is 1. The quantitative estimate of drug-likeness (QED) is 0.842. The second-order valence-electron chi connectivity index (χ2n) is 4.54. The Balaban J connectivity index is 2.13. The molecule has 1 amide bonds. The van der Waals surface area contributed by atoms with Gasteiger partial charge in [-0.1, -0.05) is 0 Å². The Bertz CT molecular complexity index is 428. The van der Waals surface area contributed by atoms with E-state index in [2.05, 4.69) is 15.6 Å². The Kier molecular flexibility index (Phi) is 3.93. The first-order chi connectivity index (χ1) is 8.68. The van der Waals surface area contributed by atoms with Crippen LogP contribution in [0.2, 0.25) is 0 Å². The normalized spacial score (nSPS) is 18.3. The third kappa shape index (κ3) is 2.52. The number of nitrogens with zero attached hydrogens (tertiary/aromatic N) is 1. The summed E-state index contributed by atoms with van der Waals surface area (Å²) in [5.74, 6) is -0.0809. The summed E-state index contributed by atoms with van der Waals surface area (Å²) >= 11 is 0. The predicted molar refractivity (Wildman–Crippen MR) is 69.4 cm³/mol. The van der Waals surface area contributed by atoms with Crippen LogP contribution in [-0.4, -0.2) is 36.7 Å². The minimum absolute atomic E-state index is 0.0809. The van der Waals surface area contributed by atoms with Crippen molar-refractivity contribution in [3.8, 4) is 0 Å². The van der Waals surface area contributed by atoms with Crippen molar-refractivity contribution >= 4 is 11.6 Å². The van der Waals surface area contributed by atoms with E-state index in [1.54, 1.807) is 13.3 Å². The third-order valence-electron chi connectivity index (χ3n) is 3.47. The van der Waals surface area contributed by atoms with E-state index < -0.39 is 5.60 Å². The first-order valence-electron chi connectivity index (χ1n) is 6.17. The molecule has 0 atom stereocenters. The Morgan fingerprint density at radius 1 is 1.50 bits per heavy atom. The molecule has 1 aromatic rings. The van der Waals surface area contributed by atoms with Crippen molar-refractivity contribution in [3.63, 3.8) is 0 Å². The molecule has 5 heteroatoms. The summed E-state index contributed by atoms with van der Waals surface area (Å²) in [5.41, 5.74) is 0.844. The topological polar surface area (TPSA) is 63.2 Å². The van der Waals surface area contributed by atoms with E-state index in [1.807, 2.05) is 19.1 Å².